The second-order valence-corrected chi connectivity index (χ2v) is 2.65. The summed E-state index contributed by atoms with van der Waals surface area (Å²) in [5.74, 6) is 0.892. The molecule has 1 heteroatoms. The maximum Gasteiger partial charge on any atom is 0.119 e. The van der Waals surface area contributed by atoms with Gasteiger partial charge in [-0.2, -0.15) is 0 Å². The lowest BCUT2D eigenvalue weighted by atomic mass is 10.2. The van der Waals surface area contributed by atoms with E-state index >= 15 is 0 Å². The lowest BCUT2D eigenvalue weighted by Gasteiger charge is -2.02. The molecule has 0 bridgehead atoms. The molecule has 0 fully saturated rings. The SMILES string of the molecule is C=Cc1ccc(OC/C=C/C)cc1. The van der Waals surface area contributed by atoms with Gasteiger partial charge < -0.3 is 4.74 Å². The van der Waals surface area contributed by atoms with Crippen LogP contribution in [0.15, 0.2) is 43.0 Å². The first kappa shape index (κ1) is 9.59. The Balaban J connectivity index is 2.53. The summed E-state index contributed by atoms with van der Waals surface area (Å²) in [5, 5.41) is 0. The zero-order valence-corrected chi connectivity index (χ0v) is 7.86. The van der Waals surface area contributed by atoms with E-state index in [4.69, 9.17) is 4.74 Å². The molecule has 1 nitrogen and oxygen atoms in total. The van der Waals surface area contributed by atoms with Crippen molar-refractivity contribution in [2.75, 3.05) is 6.61 Å². The van der Waals surface area contributed by atoms with Gasteiger partial charge in [-0.05, 0) is 24.6 Å². The Morgan fingerprint density at radius 2 is 2.00 bits per heavy atom. The standard InChI is InChI=1S/C12H14O/c1-3-5-10-13-12-8-6-11(4-2)7-9-12/h3-9H,2,10H2,1H3/b5-3+. The number of rotatable bonds is 4. The van der Waals surface area contributed by atoms with Gasteiger partial charge in [0, 0.05) is 0 Å². The summed E-state index contributed by atoms with van der Waals surface area (Å²) < 4.78 is 5.42. The van der Waals surface area contributed by atoms with Crippen molar-refractivity contribution in [1.82, 2.24) is 0 Å². The molecular formula is C12H14O. The molecule has 0 atom stereocenters. The molecule has 0 aliphatic carbocycles. The van der Waals surface area contributed by atoms with Crippen LogP contribution in [0.1, 0.15) is 12.5 Å². The highest BCUT2D eigenvalue weighted by Gasteiger charge is 1.90. The molecule has 0 aliphatic rings. The van der Waals surface area contributed by atoms with Crippen LogP contribution in [0.5, 0.6) is 5.75 Å². The molecule has 68 valence electrons. The lowest BCUT2D eigenvalue weighted by Crippen LogP contribution is -1.92. The summed E-state index contributed by atoms with van der Waals surface area (Å²) in [6, 6.07) is 7.86. The smallest absolute Gasteiger partial charge is 0.119 e. The van der Waals surface area contributed by atoms with Gasteiger partial charge in [-0.15, -0.1) is 0 Å². The highest BCUT2D eigenvalue weighted by atomic mass is 16.5. The van der Waals surface area contributed by atoms with Crippen molar-refractivity contribution in [2.24, 2.45) is 0 Å². The van der Waals surface area contributed by atoms with Crippen LogP contribution in [-0.2, 0) is 0 Å². The van der Waals surface area contributed by atoms with Crippen molar-refractivity contribution in [1.29, 1.82) is 0 Å². The van der Waals surface area contributed by atoms with Crippen LogP contribution in [-0.4, -0.2) is 6.61 Å². The Morgan fingerprint density at radius 3 is 2.54 bits per heavy atom. The van der Waals surface area contributed by atoms with Gasteiger partial charge in [0.25, 0.3) is 0 Å². The second-order valence-electron chi connectivity index (χ2n) is 2.65. The zero-order chi connectivity index (χ0) is 9.52. The molecule has 0 saturated heterocycles. The molecule has 13 heavy (non-hydrogen) atoms. The predicted octanol–water partition coefficient (Wildman–Crippen LogP) is 3.28. The monoisotopic (exact) mass is 174 g/mol. The number of allylic oxidation sites excluding steroid dienone is 1. The normalized spacial score (nSPS) is 10.2. The van der Waals surface area contributed by atoms with E-state index in [2.05, 4.69) is 6.58 Å². The predicted molar refractivity (Wildman–Crippen MR) is 56.8 cm³/mol. The Labute approximate surface area is 79.4 Å². The summed E-state index contributed by atoms with van der Waals surface area (Å²) in [7, 11) is 0. The molecule has 0 amide bonds. The minimum Gasteiger partial charge on any atom is -0.490 e. The van der Waals surface area contributed by atoms with Gasteiger partial charge in [-0.25, -0.2) is 0 Å². The molecule has 0 aliphatic heterocycles. The van der Waals surface area contributed by atoms with Crippen LogP contribution in [0, 0.1) is 0 Å². The van der Waals surface area contributed by atoms with E-state index in [1.165, 1.54) is 0 Å². The second kappa shape index (κ2) is 5.20. The Bertz CT molecular complexity index is 282. The molecule has 1 aromatic carbocycles. The first-order valence-corrected chi connectivity index (χ1v) is 4.33. The fourth-order valence-corrected chi connectivity index (χ4v) is 0.941. The maximum absolute atomic E-state index is 5.42. The van der Waals surface area contributed by atoms with Crippen molar-refractivity contribution in [3.8, 4) is 5.75 Å². The first-order valence-electron chi connectivity index (χ1n) is 4.33. The molecule has 0 spiro atoms. The molecular weight excluding hydrogens is 160 g/mol. The average molecular weight is 174 g/mol. The van der Waals surface area contributed by atoms with Gasteiger partial charge >= 0.3 is 0 Å². The Kier molecular flexibility index (Phi) is 3.83. The minimum atomic E-state index is 0.629. The summed E-state index contributed by atoms with van der Waals surface area (Å²) in [4.78, 5) is 0. The molecule has 0 unspecified atom stereocenters. The van der Waals surface area contributed by atoms with E-state index in [1.54, 1.807) is 0 Å². The topological polar surface area (TPSA) is 9.23 Å². The fourth-order valence-electron chi connectivity index (χ4n) is 0.941. The van der Waals surface area contributed by atoms with Gasteiger partial charge in [-0.3, -0.25) is 0 Å². The third-order valence-electron chi connectivity index (χ3n) is 1.70. The van der Waals surface area contributed by atoms with Gasteiger partial charge in [0.15, 0.2) is 0 Å². The number of hydrogen-bond donors (Lipinski definition) is 0. The molecule has 1 rings (SSSR count). The molecule has 0 saturated carbocycles. The molecule has 0 radical (unpaired) electrons. The Hall–Kier alpha value is -1.50. The number of benzene rings is 1. The van der Waals surface area contributed by atoms with E-state index in [9.17, 15) is 0 Å². The van der Waals surface area contributed by atoms with Crippen molar-refractivity contribution < 1.29 is 4.74 Å². The molecule has 0 aromatic heterocycles. The number of hydrogen-bond acceptors (Lipinski definition) is 1. The van der Waals surface area contributed by atoms with Crippen molar-refractivity contribution in [3.63, 3.8) is 0 Å². The van der Waals surface area contributed by atoms with E-state index in [0.29, 0.717) is 6.61 Å². The maximum atomic E-state index is 5.42. The summed E-state index contributed by atoms with van der Waals surface area (Å²) >= 11 is 0. The summed E-state index contributed by atoms with van der Waals surface area (Å²) in [6.45, 7) is 6.29. The third-order valence-corrected chi connectivity index (χ3v) is 1.70. The van der Waals surface area contributed by atoms with Gasteiger partial charge in [0.1, 0.15) is 12.4 Å². The molecule has 0 N–H and O–H groups in total. The third kappa shape index (κ3) is 3.16. The molecule has 0 heterocycles. The van der Waals surface area contributed by atoms with E-state index < -0.39 is 0 Å². The average Bonchev–Trinajstić information content (AvgIpc) is 2.19. The van der Waals surface area contributed by atoms with E-state index in [-0.39, 0.29) is 0 Å². The first-order chi connectivity index (χ1) is 6.36. The summed E-state index contributed by atoms with van der Waals surface area (Å²) in [6.07, 6.45) is 5.76. The van der Waals surface area contributed by atoms with Gasteiger partial charge in [0.2, 0.25) is 0 Å². The highest BCUT2D eigenvalue weighted by molar-refractivity contribution is 5.48. The largest absolute Gasteiger partial charge is 0.490 e. The zero-order valence-electron chi connectivity index (χ0n) is 7.86. The van der Waals surface area contributed by atoms with E-state index in [0.717, 1.165) is 11.3 Å². The van der Waals surface area contributed by atoms with Gasteiger partial charge in [0.05, 0.1) is 0 Å². The number of ether oxygens (including phenoxy) is 1. The van der Waals surface area contributed by atoms with Crippen molar-refractivity contribution in [2.45, 2.75) is 6.92 Å². The fraction of sp³-hybridized carbons (Fsp3) is 0.167. The van der Waals surface area contributed by atoms with Gasteiger partial charge in [-0.1, -0.05) is 36.9 Å². The van der Waals surface area contributed by atoms with Crippen LogP contribution in [0.3, 0.4) is 0 Å². The van der Waals surface area contributed by atoms with Crippen LogP contribution >= 0.6 is 0 Å². The lowest BCUT2D eigenvalue weighted by molar-refractivity contribution is 0.362. The van der Waals surface area contributed by atoms with Crippen LogP contribution in [0.2, 0.25) is 0 Å². The Morgan fingerprint density at radius 1 is 1.31 bits per heavy atom. The van der Waals surface area contributed by atoms with Crippen LogP contribution in [0.4, 0.5) is 0 Å². The minimum absolute atomic E-state index is 0.629. The van der Waals surface area contributed by atoms with E-state index in [1.807, 2.05) is 49.4 Å². The van der Waals surface area contributed by atoms with Crippen LogP contribution in [0.25, 0.3) is 6.08 Å². The van der Waals surface area contributed by atoms with Crippen molar-refractivity contribution in [3.05, 3.63) is 48.6 Å². The van der Waals surface area contributed by atoms with Crippen LogP contribution < -0.4 is 4.74 Å². The quantitative estimate of drug-likeness (QED) is 0.636. The summed E-state index contributed by atoms with van der Waals surface area (Å²) in [5.41, 5.74) is 1.11. The molecule has 1 aromatic rings. The van der Waals surface area contributed by atoms with Crippen molar-refractivity contribution >= 4 is 6.08 Å². The highest BCUT2D eigenvalue weighted by Crippen LogP contribution is 2.12.